The van der Waals surface area contributed by atoms with Gasteiger partial charge in [-0.2, -0.15) is 0 Å². The third-order valence-electron chi connectivity index (χ3n) is 1.35. The monoisotopic (exact) mass is 148 g/mol. The standard InChI is InChI=1S/C8H14F2/c1-6(2)5-8(3,4)7(9)10/h7H,1,5H2,2-4H3. The van der Waals surface area contributed by atoms with Crippen LogP contribution < -0.4 is 0 Å². The summed E-state index contributed by atoms with van der Waals surface area (Å²) in [5, 5.41) is 0. The van der Waals surface area contributed by atoms with Crippen LogP contribution in [0, 0.1) is 5.41 Å². The number of alkyl halides is 2. The number of rotatable bonds is 3. The Balaban J connectivity index is 3.99. The van der Waals surface area contributed by atoms with Gasteiger partial charge in [0.2, 0.25) is 6.43 Å². The van der Waals surface area contributed by atoms with E-state index in [9.17, 15) is 8.78 Å². The van der Waals surface area contributed by atoms with Gasteiger partial charge in [-0.15, -0.1) is 6.58 Å². The third-order valence-corrected chi connectivity index (χ3v) is 1.35. The molecule has 0 bridgehead atoms. The van der Waals surface area contributed by atoms with Crippen LogP contribution in [0.1, 0.15) is 27.2 Å². The first-order valence-corrected chi connectivity index (χ1v) is 3.29. The quantitative estimate of drug-likeness (QED) is 0.539. The summed E-state index contributed by atoms with van der Waals surface area (Å²) in [6.07, 6.45) is -1.87. The van der Waals surface area contributed by atoms with Crippen LogP contribution >= 0.6 is 0 Å². The van der Waals surface area contributed by atoms with Crippen molar-refractivity contribution < 1.29 is 8.78 Å². The van der Waals surface area contributed by atoms with Gasteiger partial charge in [-0.3, -0.25) is 0 Å². The predicted molar refractivity (Wildman–Crippen MR) is 39.2 cm³/mol. The smallest absolute Gasteiger partial charge is 0.210 e. The molecule has 0 radical (unpaired) electrons. The van der Waals surface area contributed by atoms with Crippen molar-refractivity contribution in [3.63, 3.8) is 0 Å². The molecule has 0 aliphatic rings. The zero-order valence-corrected chi connectivity index (χ0v) is 6.75. The summed E-state index contributed by atoms with van der Waals surface area (Å²) >= 11 is 0. The van der Waals surface area contributed by atoms with E-state index in [1.54, 1.807) is 20.8 Å². The summed E-state index contributed by atoms with van der Waals surface area (Å²) in [6, 6.07) is 0. The van der Waals surface area contributed by atoms with Crippen LogP contribution in [0.3, 0.4) is 0 Å². The Bertz CT molecular complexity index is 125. The molecule has 0 aromatic heterocycles. The van der Waals surface area contributed by atoms with E-state index < -0.39 is 11.8 Å². The van der Waals surface area contributed by atoms with Crippen LogP contribution in [0.15, 0.2) is 12.2 Å². The van der Waals surface area contributed by atoms with Gasteiger partial charge in [0.15, 0.2) is 0 Å². The number of hydrogen-bond acceptors (Lipinski definition) is 0. The molecular weight excluding hydrogens is 134 g/mol. The van der Waals surface area contributed by atoms with Crippen LogP contribution in [0.5, 0.6) is 0 Å². The first-order chi connectivity index (χ1) is 4.36. The van der Waals surface area contributed by atoms with Crippen LogP contribution in [0.4, 0.5) is 8.78 Å². The van der Waals surface area contributed by atoms with E-state index in [1.807, 2.05) is 0 Å². The molecule has 10 heavy (non-hydrogen) atoms. The molecular formula is C8H14F2. The van der Waals surface area contributed by atoms with Crippen LogP contribution in [0.25, 0.3) is 0 Å². The molecule has 0 atom stereocenters. The van der Waals surface area contributed by atoms with Crippen molar-refractivity contribution in [2.24, 2.45) is 5.41 Å². The second kappa shape index (κ2) is 3.13. The van der Waals surface area contributed by atoms with Gasteiger partial charge in [0.1, 0.15) is 0 Å². The fourth-order valence-corrected chi connectivity index (χ4v) is 0.855. The van der Waals surface area contributed by atoms with Crippen LogP contribution in [-0.4, -0.2) is 6.43 Å². The first-order valence-electron chi connectivity index (χ1n) is 3.29. The van der Waals surface area contributed by atoms with Gasteiger partial charge in [0.05, 0.1) is 0 Å². The molecule has 60 valence electrons. The first kappa shape index (κ1) is 9.60. The maximum absolute atomic E-state index is 12.1. The Kier molecular flexibility index (Phi) is 3.00. The molecule has 0 aliphatic carbocycles. The highest BCUT2D eigenvalue weighted by Gasteiger charge is 2.28. The molecule has 0 rings (SSSR count). The minimum atomic E-state index is -2.26. The molecule has 0 heterocycles. The summed E-state index contributed by atoms with van der Waals surface area (Å²) in [7, 11) is 0. The van der Waals surface area contributed by atoms with E-state index in [0.717, 1.165) is 5.57 Å². The highest BCUT2D eigenvalue weighted by molar-refractivity contribution is 4.94. The van der Waals surface area contributed by atoms with Crippen molar-refractivity contribution in [3.05, 3.63) is 12.2 Å². The molecule has 0 spiro atoms. The van der Waals surface area contributed by atoms with Crippen molar-refractivity contribution in [2.75, 3.05) is 0 Å². The van der Waals surface area contributed by atoms with Crippen molar-refractivity contribution >= 4 is 0 Å². The molecule has 0 saturated carbocycles. The van der Waals surface area contributed by atoms with E-state index in [0.29, 0.717) is 6.42 Å². The minimum absolute atomic E-state index is 0.394. The lowest BCUT2D eigenvalue weighted by Gasteiger charge is -2.23. The molecule has 0 fully saturated rings. The average molecular weight is 148 g/mol. The van der Waals surface area contributed by atoms with Gasteiger partial charge >= 0.3 is 0 Å². The zero-order chi connectivity index (χ0) is 8.36. The molecule has 0 aromatic carbocycles. The highest BCUT2D eigenvalue weighted by atomic mass is 19.3. The van der Waals surface area contributed by atoms with E-state index >= 15 is 0 Å². The summed E-state index contributed by atoms with van der Waals surface area (Å²) in [4.78, 5) is 0. The van der Waals surface area contributed by atoms with E-state index in [2.05, 4.69) is 6.58 Å². The molecule has 0 aromatic rings. The minimum Gasteiger partial charge on any atom is -0.210 e. The van der Waals surface area contributed by atoms with Crippen molar-refractivity contribution in [3.8, 4) is 0 Å². The zero-order valence-electron chi connectivity index (χ0n) is 6.75. The Hall–Kier alpha value is -0.400. The van der Waals surface area contributed by atoms with Crippen molar-refractivity contribution in [1.29, 1.82) is 0 Å². The van der Waals surface area contributed by atoms with Gasteiger partial charge in [0.25, 0.3) is 0 Å². The predicted octanol–water partition coefficient (Wildman–Crippen LogP) is 3.24. The van der Waals surface area contributed by atoms with Crippen LogP contribution in [-0.2, 0) is 0 Å². The summed E-state index contributed by atoms with van der Waals surface area (Å²) in [5.41, 5.74) is -0.100. The molecule has 0 nitrogen and oxygen atoms in total. The van der Waals surface area contributed by atoms with E-state index in [-0.39, 0.29) is 0 Å². The molecule has 0 saturated heterocycles. The lowest BCUT2D eigenvalue weighted by molar-refractivity contribution is 0.0201. The third kappa shape index (κ3) is 2.95. The maximum atomic E-state index is 12.1. The van der Waals surface area contributed by atoms with Gasteiger partial charge in [0, 0.05) is 5.41 Å². The van der Waals surface area contributed by atoms with Gasteiger partial charge in [-0.25, -0.2) is 8.78 Å². The van der Waals surface area contributed by atoms with Gasteiger partial charge in [-0.05, 0) is 13.3 Å². The summed E-state index contributed by atoms with van der Waals surface area (Å²) < 4.78 is 24.3. The van der Waals surface area contributed by atoms with Crippen molar-refractivity contribution in [1.82, 2.24) is 0 Å². The molecule has 0 unspecified atom stereocenters. The van der Waals surface area contributed by atoms with Gasteiger partial charge < -0.3 is 0 Å². The number of hydrogen-bond donors (Lipinski definition) is 0. The number of allylic oxidation sites excluding steroid dienone is 1. The average Bonchev–Trinajstić information content (AvgIpc) is 1.60. The second-order valence-corrected chi connectivity index (χ2v) is 3.42. The molecule has 2 heteroatoms. The van der Waals surface area contributed by atoms with Crippen molar-refractivity contribution in [2.45, 2.75) is 33.6 Å². The Morgan fingerprint density at radius 1 is 1.50 bits per heavy atom. The Labute approximate surface area is 60.9 Å². The summed E-state index contributed by atoms with van der Waals surface area (Å²) in [6.45, 7) is 8.45. The van der Waals surface area contributed by atoms with Gasteiger partial charge in [-0.1, -0.05) is 19.4 Å². The normalized spacial score (nSPS) is 12.2. The highest BCUT2D eigenvalue weighted by Crippen LogP contribution is 2.31. The van der Waals surface area contributed by atoms with Crippen LogP contribution in [0.2, 0.25) is 0 Å². The lowest BCUT2D eigenvalue weighted by atomic mass is 9.87. The fourth-order valence-electron chi connectivity index (χ4n) is 0.855. The largest absolute Gasteiger partial charge is 0.243 e. The maximum Gasteiger partial charge on any atom is 0.243 e. The Morgan fingerprint density at radius 2 is 1.90 bits per heavy atom. The lowest BCUT2D eigenvalue weighted by Crippen LogP contribution is -2.21. The summed E-state index contributed by atoms with van der Waals surface area (Å²) in [5.74, 6) is 0. The van der Waals surface area contributed by atoms with E-state index in [1.165, 1.54) is 0 Å². The topological polar surface area (TPSA) is 0 Å². The number of halogens is 2. The molecule has 0 N–H and O–H groups in total. The Morgan fingerprint density at radius 3 is 2.00 bits per heavy atom. The molecule has 0 amide bonds. The van der Waals surface area contributed by atoms with E-state index in [4.69, 9.17) is 0 Å². The molecule has 0 aliphatic heterocycles. The fraction of sp³-hybridized carbons (Fsp3) is 0.750. The second-order valence-electron chi connectivity index (χ2n) is 3.42. The SMILES string of the molecule is C=C(C)CC(C)(C)C(F)F.